The Hall–Kier alpha value is -3.75. The van der Waals surface area contributed by atoms with E-state index in [9.17, 15) is 14.7 Å². The largest absolute Gasteiger partial charge is 0.505 e. The van der Waals surface area contributed by atoms with E-state index in [1.807, 2.05) is 30.3 Å². The summed E-state index contributed by atoms with van der Waals surface area (Å²) in [6.07, 6.45) is 3.15. The van der Waals surface area contributed by atoms with E-state index in [0.717, 1.165) is 5.69 Å². The quantitative estimate of drug-likeness (QED) is 0.623. The van der Waals surface area contributed by atoms with Crippen molar-refractivity contribution in [1.29, 1.82) is 0 Å². The second kappa shape index (κ2) is 8.30. The van der Waals surface area contributed by atoms with E-state index in [1.165, 1.54) is 6.20 Å². The van der Waals surface area contributed by atoms with Crippen molar-refractivity contribution in [3.05, 3.63) is 54.0 Å². The van der Waals surface area contributed by atoms with Gasteiger partial charge in [-0.3, -0.25) is 9.59 Å². The van der Waals surface area contributed by atoms with Crippen molar-refractivity contribution >= 4 is 11.9 Å². The van der Waals surface area contributed by atoms with Crippen LogP contribution < -0.4 is 5.32 Å². The van der Waals surface area contributed by atoms with Crippen LogP contribution in [0.1, 0.15) is 23.0 Å². The molecule has 0 unspecified atom stereocenters. The SMILES string of the molecule is CCOC(=O)CNC(=O)c1ncc(-c2cn(-c3ccccc3)nn2)c(C)c1O. The average Bonchev–Trinajstić information content (AvgIpc) is 3.19. The molecular formula is C19H19N5O4. The summed E-state index contributed by atoms with van der Waals surface area (Å²) in [5.74, 6) is -1.53. The molecule has 9 heteroatoms. The number of aromatic hydroxyl groups is 1. The number of para-hydroxylation sites is 1. The minimum absolute atomic E-state index is 0.180. The van der Waals surface area contributed by atoms with Crippen molar-refractivity contribution in [3.8, 4) is 22.7 Å². The minimum Gasteiger partial charge on any atom is -0.505 e. The molecule has 0 aliphatic rings. The Labute approximate surface area is 161 Å². The van der Waals surface area contributed by atoms with Crippen LogP contribution in [0.4, 0.5) is 0 Å². The van der Waals surface area contributed by atoms with Gasteiger partial charge in [0.25, 0.3) is 5.91 Å². The van der Waals surface area contributed by atoms with Crippen LogP contribution in [0.25, 0.3) is 16.9 Å². The lowest BCUT2D eigenvalue weighted by Crippen LogP contribution is -2.31. The summed E-state index contributed by atoms with van der Waals surface area (Å²) in [6, 6.07) is 9.45. The third-order valence-electron chi connectivity index (χ3n) is 4.01. The van der Waals surface area contributed by atoms with Crippen LogP contribution in [0.3, 0.4) is 0 Å². The predicted octanol–water partition coefficient (Wildman–Crippen LogP) is 1.64. The van der Waals surface area contributed by atoms with Crippen LogP contribution in [-0.2, 0) is 9.53 Å². The number of nitrogens with zero attached hydrogens (tertiary/aromatic N) is 4. The molecule has 2 heterocycles. The van der Waals surface area contributed by atoms with E-state index in [0.29, 0.717) is 16.8 Å². The molecule has 144 valence electrons. The van der Waals surface area contributed by atoms with Gasteiger partial charge in [-0.05, 0) is 26.0 Å². The average molecular weight is 381 g/mol. The molecule has 1 amide bonds. The van der Waals surface area contributed by atoms with Gasteiger partial charge in [0, 0.05) is 17.3 Å². The van der Waals surface area contributed by atoms with E-state index in [4.69, 9.17) is 4.74 Å². The number of benzene rings is 1. The van der Waals surface area contributed by atoms with Crippen LogP contribution in [0.5, 0.6) is 5.75 Å². The number of carbonyl (C=O) groups is 2. The van der Waals surface area contributed by atoms with Crippen molar-refractivity contribution < 1.29 is 19.4 Å². The zero-order chi connectivity index (χ0) is 20.1. The molecule has 0 bridgehead atoms. The summed E-state index contributed by atoms with van der Waals surface area (Å²) < 4.78 is 6.35. The molecule has 0 aliphatic carbocycles. The van der Waals surface area contributed by atoms with Crippen LogP contribution >= 0.6 is 0 Å². The van der Waals surface area contributed by atoms with Gasteiger partial charge < -0.3 is 15.2 Å². The number of aromatic nitrogens is 4. The van der Waals surface area contributed by atoms with Gasteiger partial charge in [-0.2, -0.15) is 0 Å². The molecule has 0 radical (unpaired) electrons. The first-order chi connectivity index (χ1) is 13.5. The Morgan fingerprint density at radius 3 is 2.71 bits per heavy atom. The first kappa shape index (κ1) is 19.0. The van der Waals surface area contributed by atoms with Crippen molar-refractivity contribution in [1.82, 2.24) is 25.3 Å². The summed E-state index contributed by atoms with van der Waals surface area (Å²) in [7, 11) is 0. The predicted molar refractivity (Wildman–Crippen MR) is 100.0 cm³/mol. The molecule has 0 spiro atoms. The van der Waals surface area contributed by atoms with Gasteiger partial charge in [0.05, 0.1) is 18.5 Å². The molecule has 2 aromatic heterocycles. The number of carbonyl (C=O) groups excluding carboxylic acids is 2. The number of esters is 1. The Balaban J connectivity index is 1.82. The molecule has 2 N–H and O–H groups in total. The van der Waals surface area contributed by atoms with E-state index < -0.39 is 11.9 Å². The Morgan fingerprint density at radius 2 is 2.00 bits per heavy atom. The zero-order valence-electron chi connectivity index (χ0n) is 15.4. The van der Waals surface area contributed by atoms with Gasteiger partial charge >= 0.3 is 5.97 Å². The van der Waals surface area contributed by atoms with E-state index in [-0.39, 0.29) is 24.6 Å². The van der Waals surface area contributed by atoms with Gasteiger partial charge in [-0.25, -0.2) is 9.67 Å². The number of hydrogen-bond acceptors (Lipinski definition) is 7. The third kappa shape index (κ3) is 3.98. The molecule has 3 rings (SSSR count). The minimum atomic E-state index is -0.673. The summed E-state index contributed by atoms with van der Waals surface area (Å²) in [5.41, 5.74) is 2.13. The fourth-order valence-electron chi connectivity index (χ4n) is 2.56. The molecule has 0 saturated heterocycles. The van der Waals surface area contributed by atoms with Gasteiger partial charge in [-0.1, -0.05) is 23.4 Å². The maximum absolute atomic E-state index is 12.2. The van der Waals surface area contributed by atoms with Gasteiger partial charge in [0.1, 0.15) is 12.2 Å². The lowest BCUT2D eigenvalue weighted by atomic mass is 10.1. The molecule has 0 fully saturated rings. The first-order valence-electron chi connectivity index (χ1n) is 8.61. The van der Waals surface area contributed by atoms with Crippen LogP contribution in [0.2, 0.25) is 0 Å². The molecule has 1 aromatic carbocycles. The molecule has 0 aliphatic heterocycles. The van der Waals surface area contributed by atoms with Crippen LogP contribution in [-0.4, -0.2) is 50.1 Å². The maximum atomic E-state index is 12.2. The van der Waals surface area contributed by atoms with Crippen molar-refractivity contribution in [3.63, 3.8) is 0 Å². The monoisotopic (exact) mass is 381 g/mol. The molecule has 0 atom stereocenters. The first-order valence-corrected chi connectivity index (χ1v) is 8.61. The number of ether oxygens (including phenoxy) is 1. The number of hydrogen-bond donors (Lipinski definition) is 2. The number of nitrogens with one attached hydrogen (secondary N) is 1. The highest BCUT2D eigenvalue weighted by Gasteiger charge is 2.20. The molecule has 28 heavy (non-hydrogen) atoms. The molecular weight excluding hydrogens is 362 g/mol. The highest BCUT2D eigenvalue weighted by atomic mass is 16.5. The Kier molecular flexibility index (Phi) is 5.64. The van der Waals surface area contributed by atoms with Crippen LogP contribution in [0.15, 0.2) is 42.7 Å². The van der Waals surface area contributed by atoms with Crippen molar-refractivity contribution in [2.45, 2.75) is 13.8 Å². The van der Waals surface area contributed by atoms with E-state index in [1.54, 1.807) is 24.7 Å². The number of rotatable bonds is 6. The fraction of sp³-hybridized carbons (Fsp3) is 0.211. The summed E-state index contributed by atoms with van der Waals surface area (Å²) in [4.78, 5) is 27.6. The van der Waals surface area contributed by atoms with E-state index >= 15 is 0 Å². The van der Waals surface area contributed by atoms with E-state index in [2.05, 4.69) is 20.6 Å². The van der Waals surface area contributed by atoms with Crippen LogP contribution in [0, 0.1) is 6.92 Å². The summed E-state index contributed by atoms with van der Waals surface area (Å²) in [5, 5.41) is 21.0. The highest BCUT2D eigenvalue weighted by molar-refractivity contribution is 5.97. The van der Waals surface area contributed by atoms with Gasteiger partial charge in [0.2, 0.25) is 0 Å². The second-order valence-corrected chi connectivity index (χ2v) is 5.87. The summed E-state index contributed by atoms with van der Waals surface area (Å²) >= 11 is 0. The zero-order valence-corrected chi connectivity index (χ0v) is 15.4. The van der Waals surface area contributed by atoms with Crippen molar-refractivity contribution in [2.75, 3.05) is 13.2 Å². The lowest BCUT2D eigenvalue weighted by Gasteiger charge is -2.10. The highest BCUT2D eigenvalue weighted by Crippen LogP contribution is 2.29. The van der Waals surface area contributed by atoms with Gasteiger partial charge in [0.15, 0.2) is 11.4 Å². The normalized spacial score (nSPS) is 10.5. The topological polar surface area (TPSA) is 119 Å². The number of pyridine rings is 1. The third-order valence-corrected chi connectivity index (χ3v) is 4.01. The second-order valence-electron chi connectivity index (χ2n) is 5.87. The Morgan fingerprint density at radius 1 is 1.25 bits per heavy atom. The van der Waals surface area contributed by atoms with Gasteiger partial charge in [-0.15, -0.1) is 5.10 Å². The Bertz CT molecular complexity index is 1000. The summed E-state index contributed by atoms with van der Waals surface area (Å²) in [6.45, 7) is 3.23. The standard InChI is InChI=1S/C19H19N5O4/c1-3-28-16(25)10-21-19(27)17-18(26)12(2)14(9-20-17)15-11-24(23-22-15)13-7-5-4-6-8-13/h4-9,11,26H,3,10H2,1-2H3,(H,21,27). The molecule has 3 aromatic rings. The lowest BCUT2D eigenvalue weighted by molar-refractivity contribution is -0.141. The fourth-order valence-corrected chi connectivity index (χ4v) is 2.56. The maximum Gasteiger partial charge on any atom is 0.325 e. The molecule has 0 saturated carbocycles. The van der Waals surface area contributed by atoms with Crippen molar-refractivity contribution in [2.24, 2.45) is 0 Å². The smallest absolute Gasteiger partial charge is 0.325 e. The molecule has 9 nitrogen and oxygen atoms in total. The number of amides is 1.